The Morgan fingerprint density at radius 2 is 1.90 bits per heavy atom. The first-order chi connectivity index (χ1) is 9.74. The van der Waals surface area contributed by atoms with Gasteiger partial charge < -0.3 is 10.1 Å². The molecule has 2 aromatic rings. The Morgan fingerprint density at radius 3 is 2.55 bits per heavy atom. The van der Waals surface area contributed by atoms with Gasteiger partial charge in [0.15, 0.2) is 0 Å². The molecule has 4 nitrogen and oxygen atoms in total. The zero-order valence-electron chi connectivity index (χ0n) is 11.6. The topological polar surface area (TPSA) is 47.0 Å². The molecular weight excluding hydrogens is 274 g/mol. The summed E-state index contributed by atoms with van der Waals surface area (Å²) in [5, 5.41) is 4.16. The molecule has 0 aliphatic carbocycles. The summed E-state index contributed by atoms with van der Waals surface area (Å²) in [6.07, 6.45) is 4.12. The van der Waals surface area contributed by atoms with Gasteiger partial charge in [-0.25, -0.2) is 4.98 Å². The van der Waals surface area contributed by atoms with Crippen LogP contribution in [0.15, 0.2) is 36.7 Å². The molecule has 20 heavy (non-hydrogen) atoms. The van der Waals surface area contributed by atoms with Gasteiger partial charge in [-0.3, -0.25) is 4.98 Å². The second kappa shape index (κ2) is 7.22. The van der Waals surface area contributed by atoms with E-state index in [0.29, 0.717) is 5.88 Å². The maximum atomic E-state index is 5.92. The van der Waals surface area contributed by atoms with E-state index in [2.05, 4.69) is 22.2 Å². The average molecular weight is 292 g/mol. The van der Waals surface area contributed by atoms with E-state index in [9.17, 15) is 0 Å². The van der Waals surface area contributed by atoms with Crippen LogP contribution < -0.4 is 10.1 Å². The van der Waals surface area contributed by atoms with Crippen LogP contribution in [-0.4, -0.2) is 23.6 Å². The zero-order valence-corrected chi connectivity index (χ0v) is 12.4. The quantitative estimate of drug-likeness (QED) is 0.889. The molecule has 0 amide bonds. The van der Waals surface area contributed by atoms with Gasteiger partial charge in [-0.2, -0.15) is 0 Å². The summed E-state index contributed by atoms with van der Waals surface area (Å²) in [5.74, 6) is 0.562. The van der Waals surface area contributed by atoms with Crippen LogP contribution in [0.25, 0.3) is 0 Å². The van der Waals surface area contributed by atoms with Crippen LogP contribution in [0.5, 0.6) is 5.88 Å². The summed E-state index contributed by atoms with van der Waals surface area (Å²) >= 11 is 5.92. The van der Waals surface area contributed by atoms with Gasteiger partial charge in [0, 0.05) is 17.4 Å². The molecular formula is C15H18ClN3O. The molecule has 0 fully saturated rings. The average Bonchev–Trinajstić information content (AvgIpc) is 2.49. The number of ether oxygens (including phenoxy) is 1. The van der Waals surface area contributed by atoms with Crippen molar-refractivity contribution < 1.29 is 4.74 Å². The first kappa shape index (κ1) is 14.8. The number of aromatic nitrogens is 2. The fourth-order valence-electron chi connectivity index (χ4n) is 2.10. The number of nitrogens with one attached hydrogen (secondary N) is 1. The molecule has 0 radical (unpaired) electrons. The van der Waals surface area contributed by atoms with E-state index >= 15 is 0 Å². The van der Waals surface area contributed by atoms with Crippen molar-refractivity contribution in [2.24, 2.45) is 0 Å². The van der Waals surface area contributed by atoms with Crippen molar-refractivity contribution in [2.45, 2.75) is 19.4 Å². The summed E-state index contributed by atoms with van der Waals surface area (Å²) in [6.45, 7) is 2.91. The Kier molecular flexibility index (Phi) is 5.32. The first-order valence-electron chi connectivity index (χ1n) is 6.57. The lowest BCUT2D eigenvalue weighted by Crippen LogP contribution is -2.24. The van der Waals surface area contributed by atoms with Crippen molar-refractivity contribution in [3.05, 3.63) is 52.9 Å². The Labute approximate surface area is 124 Å². The highest BCUT2D eigenvalue weighted by molar-refractivity contribution is 6.30. The zero-order chi connectivity index (χ0) is 14.4. The van der Waals surface area contributed by atoms with E-state index < -0.39 is 0 Å². The summed E-state index contributed by atoms with van der Waals surface area (Å²) in [5.41, 5.74) is 2.01. The predicted molar refractivity (Wildman–Crippen MR) is 80.2 cm³/mol. The fraction of sp³-hybridized carbons (Fsp3) is 0.333. The molecule has 1 aromatic heterocycles. The molecule has 1 unspecified atom stereocenters. The first-order valence-corrected chi connectivity index (χ1v) is 6.95. The molecule has 0 aliphatic rings. The van der Waals surface area contributed by atoms with Crippen molar-refractivity contribution >= 4 is 11.6 Å². The second-order valence-electron chi connectivity index (χ2n) is 4.39. The van der Waals surface area contributed by atoms with Crippen molar-refractivity contribution in [2.75, 3.05) is 13.7 Å². The number of hydrogen-bond donors (Lipinski definition) is 1. The molecule has 0 spiro atoms. The second-order valence-corrected chi connectivity index (χ2v) is 4.83. The highest BCUT2D eigenvalue weighted by Crippen LogP contribution is 2.24. The van der Waals surface area contributed by atoms with E-state index in [1.165, 1.54) is 5.56 Å². The van der Waals surface area contributed by atoms with Crippen molar-refractivity contribution in [3.63, 3.8) is 0 Å². The number of benzene rings is 1. The van der Waals surface area contributed by atoms with Crippen LogP contribution in [-0.2, 0) is 6.42 Å². The Bertz CT molecular complexity index is 545. The van der Waals surface area contributed by atoms with Gasteiger partial charge in [-0.15, -0.1) is 0 Å². The third-order valence-corrected chi connectivity index (χ3v) is 3.27. The lowest BCUT2D eigenvalue weighted by atomic mass is 10.0. The van der Waals surface area contributed by atoms with E-state index in [1.54, 1.807) is 19.5 Å². The molecule has 0 saturated carbocycles. The summed E-state index contributed by atoms with van der Waals surface area (Å²) in [7, 11) is 1.61. The normalized spacial score (nSPS) is 12.2. The third-order valence-electron chi connectivity index (χ3n) is 3.02. The van der Waals surface area contributed by atoms with Gasteiger partial charge in [0.2, 0.25) is 5.88 Å². The van der Waals surface area contributed by atoms with E-state index in [1.807, 2.05) is 24.3 Å². The van der Waals surface area contributed by atoms with Crippen molar-refractivity contribution in [3.8, 4) is 5.88 Å². The summed E-state index contributed by atoms with van der Waals surface area (Å²) in [6, 6.07) is 7.90. The van der Waals surface area contributed by atoms with E-state index in [0.717, 1.165) is 23.7 Å². The summed E-state index contributed by atoms with van der Waals surface area (Å²) < 4.78 is 5.29. The smallest absolute Gasteiger partial charge is 0.237 e. The van der Waals surface area contributed by atoms with Crippen LogP contribution in [0.1, 0.15) is 24.2 Å². The van der Waals surface area contributed by atoms with Gasteiger partial charge in [-0.05, 0) is 30.7 Å². The minimum atomic E-state index is 0.0600. The number of methoxy groups -OCH3 is 1. The highest BCUT2D eigenvalue weighted by Gasteiger charge is 2.18. The van der Waals surface area contributed by atoms with Crippen LogP contribution in [0.2, 0.25) is 5.02 Å². The van der Waals surface area contributed by atoms with Crippen LogP contribution in [0.4, 0.5) is 0 Å². The molecule has 0 aliphatic heterocycles. The maximum Gasteiger partial charge on any atom is 0.237 e. The van der Waals surface area contributed by atoms with E-state index in [-0.39, 0.29) is 6.04 Å². The van der Waals surface area contributed by atoms with Gasteiger partial charge in [0.25, 0.3) is 0 Å². The largest absolute Gasteiger partial charge is 0.480 e. The third kappa shape index (κ3) is 3.68. The number of rotatable bonds is 6. The minimum absolute atomic E-state index is 0.0600. The Morgan fingerprint density at radius 1 is 1.20 bits per heavy atom. The van der Waals surface area contributed by atoms with E-state index in [4.69, 9.17) is 16.3 Å². The molecule has 5 heteroatoms. The van der Waals surface area contributed by atoms with Gasteiger partial charge >= 0.3 is 0 Å². The lowest BCUT2D eigenvalue weighted by Gasteiger charge is -2.19. The molecule has 1 aromatic carbocycles. The molecule has 106 valence electrons. The molecule has 1 N–H and O–H groups in total. The molecule has 1 atom stereocenters. The van der Waals surface area contributed by atoms with Gasteiger partial charge in [-0.1, -0.05) is 30.7 Å². The predicted octanol–water partition coefficient (Wildman–Crippen LogP) is 3.03. The number of nitrogens with zero attached hydrogens (tertiary/aromatic N) is 2. The Balaban J connectivity index is 2.24. The SMILES string of the molecule is CCNC(Cc1ccc(Cl)cc1)c1nccnc1OC. The van der Waals surface area contributed by atoms with Crippen LogP contribution in [0.3, 0.4) is 0 Å². The van der Waals surface area contributed by atoms with Crippen molar-refractivity contribution in [1.82, 2.24) is 15.3 Å². The van der Waals surface area contributed by atoms with Gasteiger partial charge in [0.05, 0.1) is 13.2 Å². The molecule has 2 rings (SSSR count). The highest BCUT2D eigenvalue weighted by atomic mass is 35.5. The standard InChI is InChI=1S/C15H18ClN3O/c1-3-17-13(10-11-4-6-12(16)7-5-11)14-15(20-2)19-9-8-18-14/h4-9,13,17H,3,10H2,1-2H3. The van der Waals surface area contributed by atoms with Crippen LogP contribution >= 0.6 is 11.6 Å². The fourth-order valence-corrected chi connectivity index (χ4v) is 2.23. The Hall–Kier alpha value is -1.65. The maximum absolute atomic E-state index is 5.92. The monoisotopic (exact) mass is 291 g/mol. The minimum Gasteiger partial charge on any atom is -0.480 e. The van der Waals surface area contributed by atoms with Gasteiger partial charge in [0.1, 0.15) is 5.69 Å². The van der Waals surface area contributed by atoms with Crippen LogP contribution in [0, 0.1) is 0 Å². The number of likely N-dealkylation sites (N-methyl/N-ethyl adjacent to an activating group) is 1. The number of hydrogen-bond acceptors (Lipinski definition) is 4. The summed E-state index contributed by atoms with van der Waals surface area (Å²) in [4.78, 5) is 8.62. The lowest BCUT2D eigenvalue weighted by molar-refractivity contribution is 0.377. The molecule has 0 saturated heterocycles. The molecule has 1 heterocycles. The number of halogens is 1. The molecule has 0 bridgehead atoms. The van der Waals surface area contributed by atoms with Crippen molar-refractivity contribution in [1.29, 1.82) is 0 Å².